The smallest absolute Gasteiger partial charge is 0.441 e. The third kappa shape index (κ3) is 17.9. The van der Waals surface area contributed by atoms with E-state index in [4.69, 9.17) is 34.0 Å². The molecule has 0 spiro atoms. The average molecular weight is 737 g/mol. The van der Waals surface area contributed by atoms with Gasteiger partial charge in [0.05, 0.1) is 18.9 Å². The Morgan fingerprint density at radius 3 is 2.06 bits per heavy atom. The van der Waals surface area contributed by atoms with E-state index in [0.29, 0.717) is 45.3 Å². The van der Waals surface area contributed by atoms with E-state index < -0.39 is 42.8 Å². The SMILES string of the molecule is CCCCOC1[C@@H](OCCCC)C(COCCSCC(C)CSCCN=[N+]=[N-])O[C@@H](O/C(=N/c2ccccc2)C(F)(F)F)[C@H]1OCCCC. The monoisotopic (exact) mass is 736 g/mol. The zero-order valence-corrected chi connectivity index (χ0v) is 31.0. The van der Waals surface area contributed by atoms with E-state index in [1.54, 1.807) is 41.7 Å². The Morgan fingerprint density at radius 1 is 0.878 bits per heavy atom. The van der Waals surface area contributed by atoms with Gasteiger partial charge in [-0.05, 0) is 60.1 Å². The summed E-state index contributed by atoms with van der Waals surface area (Å²) in [6, 6.07) is 7.86. The van der Waals surface area contributed by atoms with Crippen LogP contribution in [0.1, 0.15) is 66.2 Å². The van der Waals surface area contributed by atoms with Crippen molar-refractivity contribution >= 4 is 35.1 Å². The molecule has 6 atom stereocenters. The summed E-state index contributed by atoms with van der Waals surface area (Å²) in [5.41, 5.74) is 8.50. The number of nitrogens with zero attached hydrogens (tertiary/aromatic N) is 4. The van der Waals surface area contributed by atoms with Gasteiger partial charge in [-0.15, -0.1) is 0 Å². The number of thioether (sulfide) groups is 2. The minimum Gasteiger partial charge on any atom is -0.441 e. The number of hydrogen-bond donors (Lipinski definition) is 0. The van der Waals surface area contributed by atoms with Gasteiger partial charge in [-0.3, -0.25) is 0 Å². The molecule has 49 heavy (non-hydrogen) atoms. The van der Waals surface area contributed by atoms with Crippen LogP contribution in [-0.4, -0.2) is 105 Å². The van der Waals surface area contributed by atoms with Crippen molar-refractivity contribution < 1.29 is 41.6 Å². The van der Waals surface area contributed by atoms with Gasteiger partial charge in [0.15, 0.2) is 0 Å². The molecule has 1 fully saturated rings. The summed E-state index contributed by atoms with van der Waals surface area (Å²) < 4.78 is 80.0. The highest BCUT2D eigenvalue weighted by molar-refractivity contribution is 8.00. The molecule has 15 heteroatoms. The first kappa shape index (κ1) is 43.5. The van der Waals surface area contributed by atoms with E-state index in [2.05, 4.69) is 28.9 Å². The highest BCUT2D eigenvalue weighted by atomic mass is 32.2. The standard InChI is InChI=1S/C34H55F3N4O6S2/c1-5-8-17-43-29-28(23-42-20-22-49-25-26(4)24-48-21-16-39-41-38)46-32(31(45-19-10-7-3)30(29)44-18-9-6-2)47-33(34(35,36)37)40-27-14-12-11-13-15-27/h11-15,26,28-32H,5-10,16-25H2,1-4H3/b40-33+/t26?,28?,29-,30?,31-,32-/m0/s1. The molecule has 280 valence electrons. The first-order chi connectivity index (χ1) is 23.7. The molecule has 1 aliphatic rings. The van der Waals surface area contributed by atoms with Crippen LogP contribution in [0.25, 0.3) is 10.4 Å². The zero-order chi connectivity index (χ0) is 35.7. The molecule has 1 saturated heterocycles. The molecule has 0 bridgehead atoms. The second-order valence-electron chi connectivity index (χ2n) is 11.8. The van der Waals surface area contributed by atoms with E-state index in [-0.39, 0.29) is 12.3 Å². The van der Waals surface area contributed by atoms with Crippen molar-refractivity contribution in [2.45, 2.75) is 103 Å². The molecule has 1 heterocycles. The lowest BCUT2D eigenvalue weighted by molar-refractivity contribution is -0.310. The first-order valence-electron chi connectivity index (χ1n) is 17.4. The normalized spacial score (nSPS) is 22.1. The Morgan fingerprint density at radius 2 is 1.47 bits per heavy atom. The second-order valence-corrected chi connectivity index (χ2v) is 14.1. The van der Waals surface area contributed by atoms with Gasteiger partial charge >= 0.3 is 6.18 Å². The summed E-state index contributed by atoms with van der Waals surface area (Å²) in [6.07, 6.45) is -4.66. The van der Waals surface area contributed by atoms with Crippen molar-refractivity contribution in [2.75, 3.05) is 62.6 Å². The summed E-state index contributed by atoms with van der Waals surface area (Å²) in [7, 11) is 0. The van der Waals surface area contributed by atoms with Gasteiger partial charge in [0.2, 0.25) is 6.29 Å². The van der Waals surface area contributed by atoms with E-state index >= 15 is 0 Å². The molecular weight excluding hydrogens is 682 g/mol. The number of aliphatic imine (C=N–C) groups is 1. The fourth-order valence-electron chi connectivity index (χ4n) is 4.74. The molecule has 0 aliphatic carbocycles. The minimum atomic E-state index is -4.89. The number of para-hydroxylation sites is 1. The Balaban J connectivity index is 2.24. The Hall–Kier alpha value is -1.71. The number of unbranched alkanes of at least 4 members (excludes halogenated alkanes) is 3. The summed E-state index contributed by atoms with van der Waals surface area (Å²) in [6.45, 7) is 10.4. The van der Waals surface area contributed by atoms with Crippen molar-refractivity contribution in [1.29, 1.82) is 0 Å². The Labute approximate surface area is 298 Å². The van der Waals surface area contributed by atoms with Crippen LogP contribution in [0.15, 0.2) is 40.4 Å². The number of alkyl halides is 3. The van der Waals surface area contributed by atoms with Crippen molar-refractivity contribution in [1.82, 2.24) is 0 Å². The number of halogens is 3. The van der Waals surface area contributed by atoms with Crippen LogP contribution >= 0.6 is 23.5 Å². The molecule has 2 rings (SSSR count). The molecule has 1 aliphatic heterocycles. The molecule has 0 saturated carbocycles. The molecule has 0 N–H and O–H groups in total. The average Bonchev–Trinajstić information content (AvgIpc) is 3.08. The predicted octanol–water partition coefficient (Wildman–Crippen LogP) is 9.01. The number of benzene rings is 1. The lowest BCUT2D eigenvalue weighted by Gasteiger charge is -2.45. The van der Waals surface area contributed by atoms with Crippen LogP contribution in [0, 0.1) is 5.92 Å². The van der Waals surface area contributed by atoms with Gasteiger partial charge in [-0.25, -0.2) is 4.99 Å². The summed E-state index contributed by atoms with van der Waals surface area (Å²) in [5.74, 6) is 2.50. The van der Waals surface area contributed by atoms with Crippen molar-refractivity contribution in [3.8, 4) is 0 Å². The number of ether oxygens (including phenoxy) is 6. The third-order valence-electron chi connectivity index (χ3n) is 7.33. The van der Waals surface area contributed by atoms with Crippen LogP contribution in [0.2, 0.25) is 0 Å². The molecule has 0 radical (unpaired) electrons. The number of hydrogen-bond acceptors (Lipinski definition) is 10. The lowest BCUT2D eigenvalue weighted by Crippen LogP contribution is -2.62. The van der Waals surface area contributed by atoms with Crippen LogP contribution in [-0.2, 0) is 28.4 Å². The van der Waals surface area contributed by atoms with E-state index in [9.17, 15) is 13.2 Å². The predicted molar refractivity (Wildman–Crippen MR) is 192 cm³/mol. The summed E-state index contributed by atoms with van der Waals surface area (Å²) in [4.78, 5) is 6.58. The van der Waals surface area contributed by atoms with Gasteiger partial charge in [0.1, 0.15) is 24.4 Å². The highest BCUT2D eigenvalue weighted by Gasteiger charge is 2.52. The molecule has 10 nitrogen and oxygen atoms in total. The maximum atomic E-state index is 14.4. The fourth-order valence-corrected chi connectivity index (χ4v) is 6.71. The largest absolute Gasteiger partial charge is 0.468 e. The quantitative estimate of drug-likeness (QED) is 0.0231. The zero-order valence-electron chi connectivity index (χ0n) is 29.4. The van der Waals surface area contributed by atoms with Crippen LogP contribution < -0.4 is 0 Å². The van der Waals surface area contributed by atoms with Crippen LogP contribution in [0.4, 0.5) is 18.9 Å². The number of rotatable bonds is 26. The molecule has 0 aromatic heterocycles. The first-order valence-corrected chi connectivity index (χ1v) is 19.7. The third-order valence-corrected chi connectivity index (χ3v) is 9.87. The second kappa shape index (κ2) is 26.1. The topological polar surface area (TPSA) is 117 Å². The molecule has 3 unspecified atom stereocenters. The van der Waals surface area contributed by atoms with Gasteiger partial charge in [0, 0.05) is 37.0 Å². The van der Waals surface area contributed by atoms with Gasteiger partial charge in [-0.2, -0.15) is 36.7 Å². The van der Waals surface area contributed by atoms with E-state index in [1.165, 1.54) is 12.1 Å². The minimum absolute atomic E-state index is 0.0779. The summed E-state index contributed by atoms with van der Waals surface area (Å²) >= 11 is 3.53. The molecular formula is C34H55F3N4O6S2. The van der Waals surface area contributed by atoms with Crippen molar-refractivity contribution in [2.24, 2.45) is 16.0 Å². The van der Waals surface area contributed by atoms with Crippen LogP contribution in [0.5, 0.6) is 0 Å². The molecule has 1 aromatic rings. The maximum Gasteiger partial charge on any atom is 0.468 e. The highest BCUT2D eigenvalue weighted by Crippen LogP contribution is 2.33. The fraction of sp³-hybridized carbons (Fsp3) is 0.794. The van der Waals surface area contributed by atoms with Gasteiger partial charge in [0.25, 0.3) is 5.90 Å². The molecule has 0 amide bonds. The maximum absolute atomic E-state index is 14.4. The van der Waals surface area contributed by atoms with Crippen molar-refractivity contribution in [3.05, 3.63) is 40.8 Å². The Bertz CT molecular complexity index is 1070. The Kier molecular flexibility index (Phi) is 23.2. The van der Waals surface area contributed by atoms with E-state index in [0.717, 1.165) is 55.1 Å². The lowest BCUT2D eigenvalue weighted by atomic mass is 9.98. The van der Waals surface area contributed by atoms with Crippen LogP contribution in [0.3, 0.4) is 0 Å². The molecule has 1 aromatic carbocycles. The summed E-state index contributed by atoms with van der Waals surface area (Å²) in [5, 5.41) is 3.56. The number of azide groups is 1. The van der Waals surface area contributed by atoms with Crippen molar-refractivity contribution in [3.63, 3.8) is 0 Å². The van der Waals surface area contributed by atoms with Gasteiger partial charge < -0.3 is 28.4 Å². The van der Waals surface area contributed by atoms with E-state index in [1.807, 2.05) is 13.8 Å². The van der Waals surface area contributed by atoms with Gasteiger partial charge in [-0.1, -0.05) is 70.3 Å².